The average Bonchev–Trinajstić information content (AvgIpc) is 2.77. The maximum atomic E-state index is 12.4. The van der Waals surface area contributed by atoms with Gasteiger partial charge in [0.15, 0.2) is 0 Å². The van der Waals surface area contributed by atoms with Crippen LogP contribution in [-0.2, 0) is 11.2 Å². The first kappa shape index (κ1) is 17.3. The fourth-order valence-electron chi connectivity index (χ4n) is 2.79. The summed E-state index contributed by atoms with van der Waals surface area (Å²) in [4.78, 5) is 16.9. The Morgan fingerprint density at radius 3 is 2.62 bits per heavy atom. The lowest BCUT2D eigenvalue weighted by Gasteiger charge is -2.19. The standard InChI is InChI=1S/C18H15Cl3N2O/c1-18(9-11-3-2-4-12(19)7-11)10-16(23-17(18)24)22-13-5-6-14(20)15(21)8-13/h2-8H,9-10H2,1H3,(H,22,23,24). The smallest absolute Gasteiger partial charge is 0.232 e. The van der Waals surface area contributed by atoms with Crippen molar-refractivity contribution in [2.75, 3.05) is 0 Å². The first-order valence-corrected chi connectivity index (χ1v) is 8.58. The van der Waals surface area contributed by atoms with Crippen LogP contribution in [0.25, 0.3) is 0 Å². The van der Waals surface area contributed by atoms with Crippen molar-refractivity contribution in [1.82, 2.24) is 5.32 Å². The molecule has 1 atom stereocenters. The third-order valence-corrected chi connectivity index (χ3v) is 4.99. The molecule has 0 aliphatic carbocycles. The molecule has 1 N–H and O–H groups in total. The molecule has 3 rings (SSSR count). The van der Waals surface area contributed by atoms with Crippen LogP contribution in [0.15, 0.2) is 47.5 Å². The SMILES string of the molecule is CC1(Cc2cccc(Cl)c2)CC(=Nc2ccc(Cl)c(Cl)c2)NC1=O. The van der Waals surface area contributed by atoms with E-state index in [0.717, 1.165) is 5.56 Å². The summed E-state index contributed by atoms with van der Waals surface area (Å²) in [5, 5.41) is 4.44. The Hall–Kier alpha value is -1.55. The number of hydrogen-bond acceptors (Lipinski definition) is 2. The molecule has 0 radical (unpaired) electrons. The van der Waals surface area contributed by atoms with Crippen molar-refractivity contribution in [2.45, 2.75) is 19.8 Å². The minimum atomic E-state index is -0.556. The van der Waals surface area contributed by atoms with Gasteiger partial charge in [-0.05, 0) is 49.2 Å². The minimum absolute atomic E-state index is 0.0405. The van der Waals surface area contributed by atoms with E-state index >= 15 is 0 Å². The van der Waals surface area contributed by atoms with Crippen molar-refractivity contribution in [2.24, 2.45) is 10.4 Å². The molecule has 1 heterocycles. The molecule has 0 aromatic heterocycles. The van der Waals surface area contributed by atoms with E-state index in [4.69, 9.17) is 34.8 Å². The summed E-state index contributed by atoms with van der Waals surface area (Å²) in [6, 6.07) is 12.7. The van der Waals surface area contributed by atoms with Crippen LogP contribution in [0.2, 0.25) is 15.1 Å². The first-order chi connectivity index (χ1) is 11.4. The molecule has 1 fully saturated rings. The molecule has 2 aromatic rings. The van der Waals surface area contributed by atoms with Gasteiger partial charge < -0.3 is 5.32 Å². The fourth-order valence-corrected chi connectivity index (χ4v) is 3.30. The van der Waals surface area contributed by atoms with Crippen LogP contribution in [0, 0.1) is 5.41 Å². The zero-order chi connectivity index (χ0) is 17.3. The van der Waals surface area contributed by atoms with E-state index in [1.165, 1.54) is 0 Å². The van der Waals surface area contributed by atoms with Gasteiger partial charge in [-0.3, -0.25) is 4.79 Å². The quantitative estimate of drug-likeness (QED) is 0.755. The summed E-state index contributed by atoms with van der Waals surface area (Å²) < 4.78 is 0. The third-order valence-electron chi connectivity index (χ3n) is 4.01. The normalized spacial score (nSPS) is 22.0. The van der Waals surface area contributed by atoms with Crippen molar-refractivity contribution in [3.8, 4) is 0 Å². The topological polar surface area (TPSA) is 41.5 Å². The van der Waals surface area contributed by atoms with Gasteiger partial charge in [-0.2, -0.15) is 0 Å². The number of amides is 1. The van der Waals surface area contributed by atoms with E-state index < -0.39 is 5.41 Å². The Kier molecular flexibility index (Phi) is 4.86. The average molecular weight is 382 g/mol. The van der Waals surface area contributed by atoms with Crippen molar-refractivity contribution in [3.05, 3.63) is 63.1 Å². The number of carbonyl (C=O) groups excluding carboxylic acids is 1. The summed E-state index contributed by atoms with van der Waals surface area (Å²) in [5.41, 5.74) is 1.13. The van der Waals surface area contributed by atoms with Gasteiger partial charge in [0.1, 0.15) is 5.84 Å². The van der Waals surface area contributed by atoms with Gasteiger partial charge in [0.25, 0.3) is 0 Å². The highest BCUT2D eigenvalue weighted by atomic mass is 35.5. The zero-order valence-electron chi connectivity index (χ0n) is 12.9. The molecule has 3 nitrogen and oxygen atoms in total. The molecule has 1 aliphatic heterocycles. The van der Waals surface area contributed by atoms with Gasteiger partial charge in [0, 0.05) is 11.4 Å². The van der Waals surface area contributed by atoms with Crippen molar-refractivity contribution in [3.63, 3.8) is 0 Å². The van der Waals surface area contributed by atoms with Crippen LogP contribution in [-0.4, -0.2) is 11.7 Å². The van der Waals surface area contributed by atoms with Crippen LogP contribution in [0.5, 0.6) is 0 Å². The van der Waals surface area contributed by atoms with Gasteiger partial charge in [0.2, 0.25) is 5.91 Å². The summed E-state index contributed by atoms with van der Waals surface area (Å²) in [7, 11) is 0. The second-order valence-electron chi connectivity index (χ2n) is 6.16. The third kappa shape index (κ3) is 3.75. The van der Waals surface area contributed by atoms with Crippen molar-refractivity contribution in [1.29, 1.82) is 0 Å². The van der Waals surface area contributed by atoms with E-state index in [0.29, 0.717) is 39.4 Å². The van der Waals surface area contributed by atoms with Gasteiger partial charge in [0.05, 0.1) is 21.1 Å². The molecule has 2 aromatic carbocycles. The summed E-state index contributed by atoms with van der Waals surface area (Å²) in [5.74, 6) is 0.587. The molecule has 0 spiro atoms. The highest BCUT2D eigenvalue weighted by Gasteiger charge is 2.41. The van der Waals surface area contributed by atoms with Crippen molar-refractivity contribution >= 4 is 52.2 Å². The first-order valence-electron chi connectivity index (χ1n) is 7.44. The molecule has 0 saturated carbocycles. The Labute approximate surface area is 155 Å². The molecule has 24 heavy (non-hydrogen) atoms. The Morgan fingerprint density at radius 2 is 1.92 bits per heavy atom. The summed E-state index contributed by atoms with van der Waals surface area (Å²) in [6.45, 7) is 1.93. The number of hydrogen-bond donors (Lipinski definition) is 1. The number of aliphatic imine (C=N–C) groups is 1. The summed E-state index contributed by atoms with van der Waals surface area (Å²) >= 11 is 17.9. The Morgan fingerprint density at radius 1 is 1.12 bits per heavy atom. The molecule has 1 aliphatic rings. The predicted molar refractivity (Wildman–Crippen MR) is 99.6 cm³/mol. The van der Waals surface area contributed by atoms with Crippen LogP contribution in [0.4, 0.5) is 5.69 Å². The number of halogens is 3. The summed E-state index contributed by atoms with van der Waals surface area (Å²) in [6.07, 6.45) is 1.12. The van der Waals surface area contributed by atoms with Crippen LogP contribution >= 0.6 is 34.8 Å². The van der Waals surface area contributed by atoms with E-state index in [1.54, 1.807) is 18.2 Å². The van der Waals surface area contributed by atoms with E-state index in [9.17, 15) is 4.79 Å². The molecule has 1 unspecified atom stereocenters. The van der Waals surface area contributed by atoms with Crippen LogP contribution < -0.4 is 5.32 Å². The van der Waals surface area contributed by atoms with E-state index in [-0.39, 0.29) is 5.91 Å². The lowest BCUT2D eigenvalue weighted by Crippen LogP contribution is -2.30. The Balaban J connectivity index is 1.81. The highest BCUT2D eigenvalue weighted by Crippen LogP contribution is 2.34. The zero-order valence-corrected chi connectivity index (χ0v) is 15.2. The molecule has 1 amide bonds. The predicted octanol–water partition coefficient (Wildman–Crippen LogP) is 5.45. The largest absolute Gasteiger partial charge is 0.314 e. The second-order valence-corrected chi connectivity index (χ2v) is 7.41. The molecule has 1 saturated heterocycles. The monoisotopic (exact) mass is 380 g/mol. The lowest BCUT2D eigenvalue weighted by atomic mass is 9.82. The maximum absolute atomic E-state index is 12.4. The van der Waals surface area contributed by atoms with E-state index in [2.05, 4.69) is 10.3 Å². The number of nitrogens with zero attached hydrogens (tertiary/aromatic N) is 1. The fraction of sp³-hybridized carbons (Fsp3) is 0.222. The van der Waals surface area contributed by atoms with Gasteiger partial charge in [-0.25, -0.2) is 4.99 Å². The number of benzene rings is 2. The number of amidine groups is 1. The van der Waals surface area contributed by atoms with Gasteiger partial charge >= 0.3 is 0 Å². The molecule has 6 heteroatoms. The second kappa shape index (κ2) is 6.75. The van der Waals surface area contributed by atoms with Gasteiger partial charge in [-0.1, -0.05) is 46.9 Å². The maximum Gasteiger partial charge on any atom is 0.232 e. The Bertz CT molecular complexity index is 835. The minimum Gasteiger partial charge on any atom is -0.314 e. The molecule has 124 valence electrons. The van der Waals surface area contributed by atoms with Crippen LogP contribution in [0.3, 0.4) is 0 Å². The van der Waals surface area contributed by atoms with Gasteiger partial charge in [-0.15, -0.1) is 0 Å². The number of carbonyl (C=O) groups is 1. The lowest BCUT2D eigenvalue weighted by molar-refractivity contribution is -0.126. The molecular weight excluding hydrogens is 367 g/mol. The molecular formula is C18H15Cl3N2O. The molecule has 0 bridgehead atoms. The number of nitrogens with one attached hydrogen (secondary N) is 1. The van der Waals surface area contributed by atoms with Crippen LogP contribution in [0.1, 0.15) is 18.9 Å². The number of rotatable bonds is 3. The van der Waals surface area contributed by atoms with E-state index in [1.807, 2.05) is 31.2 Å². The van der Waals surface area contributed by atoms with Crippen molar-refractivity contribution < 1.29 is 4.79 Å². The highest BCUT2D eigenvalue weighted by molar-refractivity contribution is 6.42.